The maximum Gasteiger partial charge on any atom is 0.491 e. The number of rotatable bonds is 20. The van der Waals surface area contributed by atoms with Gasteiger partial charge >= 0.3 is 30.4 Å². The fraction of sp³-hybridized carbons (Fsp3) is 0.450. The lowest BCUT2D eigenvalue weighted by Crippen LogP contribution is -2.38. The molecule has 11 nitrogen and oxygen atoms in total. The van der Waals surface area contributed by atoms with E-state index in [-0.39, 0.29) is 24.6 Å². The van der Waals surface area contributed by atoms with Crippen molar-refractivity contribution >= 4 is 35.8 Å². The number of esters is 2. The number of alkyl halides is 6. The topological polar surface area (TPSA) is 135 Å². The van der Waals surface area contributed by atoms with Gasteiger partial charge in [0.1, 0.15) is 12.2 Å². The fourth-order valence-corrected chi connectivity index (χ4v) is 6.30. The number of anilines is 2. The van der Waals surface area contributed by atoms with Crippen LogP contribution in [0.4, 0.5) is 42.5 Å². The number of benzene rings is 3. The van der Waals surface area contributed by atoms with Crippen LogP contribution in [0.3, 0.4) is 0 Å². The Bertz CT molecular complexity index is 1750. The fourth-order valence-electron chi connectivity index (χ4n) is 6.30. The highest BCUT2D eigenvalue weighted by atomic mass is 19.4. The van der Waals surface area contributed by atoms with Crippen molar-refractivity contribution in [2.75, 3.05) is 43.4 Å². The first-order chi connectivity index (χ1) is 27.2. The largest absolute Gasteiger partial charge is 0.491 e. The zero-order valence-electron chi connectivity index (χ0n) is 31.1. The minimum absolute atomic E-state index is 0.0670. The molecule has 3 N–H and O–H groups in total. The lowest BCUT2D eigenvalue weighted by Gasteiger charge is -2.31. The molecule has 3 aromatic carbocycles. The van der Waals surface area contributed by atoms with Crippen molar-refractivity contribution in [3.8, 4) is 16.9 Å². The number of piperidine rings is 1. The zero-order chi connectivity index (χ0) is 41.3. The number of unbranched alkanes of at least 4 members (excludes halogenated alkanes) is 6. The van der Waals surface area contributed by atoms with Gasteiger partial charge in [-0.15, -0.1) is 0 Å². The van der Waals surface area contributed by atoms with Gasteiger partial charge in [0.15, 0.2) is 5.75 Å². The highest BCUT2D eigenvalue weighted by molar-refractivity contribution is 5.91. The molecule has 0 aromatic heterocycles. The Hall–Kier alpha value is -5.16. The second-order valence-corrected chi connectivity index (χ2v) is 13.5. The first-order valence-electron chi connectivity index (χ1n) is 18.7. The smallest absolute Gasteiger partial charge is 0.449 e. The molecular formula is C40H46F6N4O7. The highest BCUT2D eigenvalue weighted by Crippen LogP contribution is 2.33. The molecule has 0 unspecified atom stereocenters. The van der Waals surface area contributed by atoms with E-state index in [9.17, 15) is 45.5 Å². The molecule has 0 bridgehead atoms. The highest BCUT2D eigenvalue weighted by Gasteiger charge is 2.43. The maximum atomic E-state index is 13.0. The number of carbonyl (C=O) groups excluding carboxylic acids is 4. The number of hydrogen-bond donors (Lipinski definition) is 3. The number of amides is 2. The SMILES string of the molecule is O=CNc1cc([C@H](CNCCCCCCCCCN2CCC(OC(=O)Nc3ccccc3-c3ccccc3)CC2)OC(=O)C(F)(F)F)ccc1OC(=O)C(F)(F)F. The molecule has 0 radical (unpaired) electrons. The summed E-state index contributed by atoms with van der Waals surface area (Å²) in [6.45, 7) is 2.76. The summed E-state index contributed by atoms with van der Waals surface area (Å²) in [5.41, 5.74) is 2.06. The number of para-hydroxylation sites is 1. The van der Waals surface area contributed by atoms with Crippen LogP contribution in [0.15, 0.2) is 72.8 Å². The van der Waals surface area contributed by atoms with Gasteiger partial charge in [-0.1, -0.05) is 86.7 Å². The summed E-state index contributed by atoms with van der Waals surface area (Å²) >= 11 is 0. The predicted octanol–water partition coefficient (Wildman–Crippen LogP) is 8.57. The second kappa shape index (κ2) is 22.0. The minimum atomic E-state index is -5.34. The number of hydrogen-bond acceptors (Lipinski definition) is 9. The standard InChI is InChI=1S/C40H46F6N4O7/c41-39(42,43)36(52)56-34-18-17-29(25-33(34)48-27-51)35(57-37(53)40(44,45)46)26-47-21-11-4-2-1-3-5-12-22-50-23-19-30(20-24-50)55-38(54)49-32-16-10-9-15-31(32)28-13-7-6-8-14-28/h6-10,13-18,25,27,30,35,47H,1-5,11-12,19-24,26H2,(H,48,51)(H,49,54)/t35-/m0/s1. The molecule has 1 fully saturated rings. The van der Waals surface area contributed by atoms with Gasteiger partial charge in [0.25, 0.3) is 0 Å². The van der Waals surface area contributed by atoms with Crippen LogP contribution in [0.1, 0.15) is 69.5 Å². The third-order valence-corrected chi connectivity index (χ3v) is 9.22. The van der Waals surface area contributed by atoms with E-state index >= 15 is 0 Å². The summed E-state index contributed by atoms with van der Waals surface area (Å²) in [7, 11) is 0. The molecule has 0 aliphatic carbocycles. The summed E-state index contributed by atoms with van der Waals surface area (Å²) in [5.74, 6) is -5.76. The minimum Gasteiger partial charge on any atom is -0.449 e. The molecule has 2 amide bonds. The molecular weight excluding hydrogens is 762 g/mol. The number of halogens is 6. The van der Waals surface area contributed by atoms with E-state index in [4.69, 9.17) is 4.74 Å². The van der Waals surface area contributed by atoms with Gasteiger partial charge in [-0.2, -0.15) is 26.3 Å². The van der Waals surface area contributed by atoms with Crippen molar-refractivity contribution in [2.45, 2.75) is 82.3 Å². The van der Waals surface area contributed by atoms with Crippen molar-refractivity contribution in [2.24, 2.45) is 0 Å². The van der Waals surface area contributed by atoms with E-state index in [0.29, 0.717) is 18.7 Å². The average Bonchev–Trinajstić information content (AvgIpc) is 3.17. The molecule has 1 heterocycles. The number of carbonyl (C=O) groups is 4. The van der Waals surface area contributed by atoms with Gasteiger partial charge in [0, 0.05) is 25.2 Å². The Morgan fingerprint density at radius 3 is 2.07 bits per heavy atom. The van der Waals surface area contributed by atoms with Crippen LogP contribution in [0.25, 0.3) is 11.1 Å². The van der Waals surface area contributed by atoms with Gasteiger partial charge < -0.3 is 29.7 Å². The maximum absolute atomic E-state index is 13.0. The van der Waals surface area contributed by atoms with Gasteiger partial charge in [-0.25, -0.2) is 14.4 Å². The summed E-state index contributed by atoms with van der Waals surface area (Å²) in [4.78, 5) is 49.0. The molecule has 57 heavy (non-hydrogen) atoms. The van der Waals surface area contributed by atoms with Gasteiger partial charge in [0.2, 0.25) is 6.41 Å². The number of nitrogens with zero attached hydrogens (tertiary/aromatic N) is 1. The Morgan fingerprint density at radius 2 is 1.40 bits per heavy atom. The first-order valence-corrected chi connectivity index (χ1v) is 18.7. The molecule has 0 spiro atoms. The Morgan fingerprint density at radius 1 is 0.772 bits per heavy atom. The second-order valence-electron chi connectivity index (χ2n) is 13.5. The molecule has 1 atom stereocenters. The summed E-state index contributed by atoms with van der Waals surface area (Å²) in [5, 5.41) is 7.86. The van der Waals surface area contributed by atoms with Crippen LogP contribution < -0.4 is 20.7 Å². The van der Waals surface area contributed by atoms with Crippen molar-refractivity contribution in [1.82, 2.24) is 10.2 Å². The molecule has 310 valence electrons. The third kappa shape index (κ3) is 15.0. The van der Waals surface area contributed by atoms with E-state index in [1.165, 1.54) is 0 Å². The van der Waals surface area contributed by atoms with Crippen molar-refractivity contribution in [3.63, 3.8) is 0 Å². The van der Waals surface area contributed by atoms with E-state index in [1.54, 1.807) is 0 Å². The third-order valence-electron chi connectivity index (χ3n) is 9.22. The Kier molecular flexibility index (Phi) is 17.2. The molecule has 1 saturated heterocycles. The van der Waals surface area contributed by atoms with Crippen molar-refractivity contribution in [1.29, 1.82) is 0 Å². The van der Waals surface area contributed by atoms with Crippen LogP contribution in [0, 0.1) is 0 Å². The van der Waals surface area contributed by atoms with Gasteiger partial charge in [-0.3, -0.25) is 10.1 Å². The molecule has 1 aliphatic rings. The Labute approximate surface area is 326 Å². The van der Waals surface area contributed by atoms with Gasteiger partial charge in [0.05, 0.1) is 11.4 Å². The van der Waals surface area contributed by atoms with Crippen LogP contribution in [0.2, 0.25) is 0 Å². The lowest BCUT2D eigenvalue weighted by molar-refractivity contribution is -0.205. The molecule has 0 saturated carbocycles. The monoisotopic (exact) mass is 808 g/mol. The van der Waals surface area contributed by atoms with Crippen LogP contribution >= 0.6 is 0 Å². The summed E-state index contributed by atoms with van der Waals surface area (Å²) in [6, 6.07) is 20.2. The molecule has 1 aliphatic heterocycles. The quantitative estimate of drug-likeness (QED) is 0.0337. The normalized spacial score (nSPS) is 14.4. The van der Waals surface area contributed by atoms with Gasteiger partial charge in [-0.05, 0) is 68.1 Å². The first kappa shape index (κ1) is 44.6. The van der Waals surface area contributed by atoms with Crippen molar-refractivity contribution in [3.05, 3.63) is 78.4 Å². The van der Waals surface area contributed by atoms with Crippen LogP contribution in [-0.4, -0.2) is 80.5 Å². The summed E-state index contributed by atoms with van der Waals surface area (Å²) < 4.78 is 91.6. The molecule has 3 aromatic rings. The van der Waals surface area contributed by atoms with E-state index in [2.05, 4.69) is 25.0 Å². The lowest BCUT2D eigenvalue weighted by atomic mass is 10.0. The molecule has 17 heteroatoms. The van der Waals surface area contributed by atoms with E-state index in [1.807, 2.05) is 59.9 Å². The zero-order valence-corrected chi connectivity index (χ0v) is 31.1. The predicted molar refractivity (Wildman–Crippen MR) is 199 cm³/mol. The van der Waals surface area contributed by atoms with Crippen molar-refractivity contribution < 1.29 is 59.7 Å². The van der Waals surface area contributed by atoms with Crippen LogP contribution in [0.5, 0.6) is 5.75 Å². The van der Waals surface area contributed by atoms with Crippen LogP contribution in [-0.2, 0) is 23.9 Å². The number of ether oxygens (including phenoxy) is 3. The average molecular weight is 809 g/mol. The van der Waals surface area contributed by atoms with E-state index in [0.717, 1.165) is 100 Å². The number of nitrogens with one attached hydrogen (secondary N) is 3. The Balaban J connectivity index is 1.09. The summed E-state index contributed by atoms with van der Waals surface area (Å²) in [6.07, 6.45) is -4.61. The van der Waals surface area contributed by atoms with E-state index < -0.39 is 47.9 Å². The number of likely N-dealkylation sites (tertiary alicyclic amines) is 1. The molecule has 4 rings (SSSR count).